The molecule has 0 saturated heterocycles. The summed E-state index contributed by atoms with van der Waals surface area (Å²) in [5, 5.41) is 2.52. The third-order valence-electron chi connectivity index (χ3n) is 4.71. The van der Waals surface area contributed by atoms with E-state index in [1.54, 1.807) is 23.7 Å². The predicted molar refractivity (Wildman–Crippen MR) is 112 cm³/mol. The molecule has 0 bridgehead atoms. The first kappa shape index (κ1) is 20.2. The smallest absolute Gasteiger partial charge is 0.295 e. The van der Waals surface area contributed by atoms with Crippen LogP contribution < -0.4 is 15.8 Å². The van der Waals surface area contributed by atoms with Gasteiger partial charge in [0.25, 0.3) is 5.56 Å². The summed E-state index contributed by atoms with van der Waals surface area (Å²) in [5.41, 5.74) is 1.29. The van der Waals surface area contributed by atoms with Gasteiger partial charge in [0.2, 0.25) is 11.8 Å². The van der Waals surface area contributed by atoms with E-state index < -0.39 is 5.56 Å². The molecule has 1 aromatic carbocycles. The van der Waals surface area contributed by atoms with Crippen molar-refractivity contribution in [2.24, 2.45) is 0 Å². The van der Waals surface area contributed by atoms with E-state index in [9.17, 15) is 14.4 Å². The molecule has 3 aromatic rings. The van der Waals surface area contributed by atoms with Gasteiger partial charge in [0.1, 0.15) is 11.3 Å². The van der Waals surface area contributed by atoms with E-state index in [1.807, 2.05) is 37.3 Å². The first-order valence-electron chi connectivity index (χ1n) is 9.33. The summed E-state index contributed by atoms with van der Waals surface area (Å²) >= 11 is 0. The van der Waals surface area contributed by atoms with Crippen LogP contribution in [0.1, 0.15) is 38.8 Å². The first-order valence-corrected chi connectivity index (χ1v) is 9.33. The van der Waals surface area contributed by atoms with Gasteiger partial charge in [-0.1, -0.05) is 37.3 Å². The number of hydrogen-bond donors (Lipinski definition) is 1. The Kier molecular flexibility index (Phi) is 5.72. The lowest BCUT2D eigenvalue weighted by molar-refractivity contribution is -0.116. The number of aromatic nitrogens is 3. The SMILES string of the molecule is CC[C@@H](c1ccccc1)n1c(=O)c(NC(C)=O)nc2ccc(N(C)C(C)=O)nc21. The summed E-state index contributed by atoms with van der Waals surface area (Å²) in [6.07, 6.45) is 0.622. The van der Waals surface area contributed by atoms with Crippen molar-refractivity contribution in [1.82, 2.24) is 14.5 Å². The number of amides is 2. The van der Waals surface area contributed by atoms with Crippen LogP contribution in [-0.4, -0.2) is 33.4 Å². The lowest BCUT2D eigenvalue weighted by Crippen LogP contribution is -2.31. The van der Waals surface area contributed by atoms with Gasteiger partial charge in [0, 0.05) is 20.9 Å². The largest absolute Gasteiger partial charge is 0.306 e. The zero-order valence-corrected chi connectivity index (χ0v) is 16.8. The number of nitrogens with one attached hydrogen (secondary N) is 1. The molecule has 2 heterocycles. The highest BCUT2D eigenvalue weighted by atomic mass is 16.2. The van der Waals surface area contributed by atoms with Gasteiger partial charge in [0.15, 0.2) is 11.5 Å². The van der Waals surface area contributed by atoms with Crippen molar-refractivity contribution in [3.63, 3.8) is 0 Å². The number of benzene rings is 1. The number of nitrogens with zero attached hydrogens (tertiary/aromatic N) is 4. The van der Waals surface area contributed by atoms with Crippen LogP contribution in [0.25, 0.3) is 11.2 Å². The Morgan fingerprint density at radius 3 is 2.38 bits per heavy atom. The molecule has 0 aliphatic heterocycles. The van der Waals surface area contributed by atoms with E-state index in [0.717, 1.165) is 5.56 Å². The van der Waals surface area contributed by atoms with Gasteiger partial charge in [-0.05, 0) is 24.1 Å². The van der Waals surface area contributed by atoms with Crippen molar-refractivity contribution in [3.8, 4) is 0 Å². The van der Waals surface area contributed by atoms with Crippen molar-refractivity contribution in [2.45, 2.75) is 33.2 Å². The molecule has 1 atom stereocenters. The van der Waals surface area contributed by atoms with Crippen molar-refractivity contribution >= 4 is 34.6 Å². The average Bonchev–Trinajstić information content (AvgIpc) is 2.70. The lowest BCUT2D eigenvalue weighted by atomic mass is 10.0. The second kappa shape index (κ2) is 8.22. The van der Waals surface area contributed by atoms with E-state index in [2.05, 4.69) is 15.3 Å². The minimum atomic E-state index is -0.446. The Labute approximate surface area is 168 Å². The molecule has 0 aliphatic carbocycles. The Balaban J connectivity index is 2.34. The van der Waals surface area contributed by atoms with Crippen LogP contribution in [0.4, 0.5) is 11.6 Å². The maximum atomic E-state index is 13.3. The number of anilines is 2. The van der Waals surface area contributed by atoms with Crippen LogP contribution in [0.2, 0.25) is 0 Å². The molecular formula is C21H23N5O3. The zero-order valence-electron chi connectivity index (χ0n) is 16.8. The summed E-state index contributed by atoms with van der Waals surface area (Å²) < 4.78 is 1.54. The molecule has 3 rings (SSSR count). The van der Waals surface area contributed by atoms with Gasteiger partial charge in [0.05, 0.1) is 6.04 Å². The van der Waals surface area contributed by atoms with Crippen LogP contribution >= 0.6 is 0 Å². The molecule has 2 amide bonds. The maximum Gasteiger partial charge on any atom is 0.295 e. The first-order chi connectivity index (χ1) is 13.8. The minimum absolute atomic E-state index is 0.0474. The van der Waals surface area contributed by atoms with Gasteiger partial charge in [-0.15, -0.1) is 0 Å². The molecule has 0 unspecified atom stereocenters. The molecule has 150 valence electrons. The molecule has 2 aromatic heterocycles. The van der Waals surface area contributed by atoms with Crippen molar-refractivity contribution < 1.29 is 9.59 Å². The molecule has 1 N–H and O–H groups in total. The van der Waals surface area contributed by atoms with Gasteiger partial charge >= 0.3 is 0 Å². The third-order valence-corrected chi connectivity index (χ3v) is 4.71. The highest BCUT2D eigenvalue weighted by Crippen LogP contribution is 2.25. The number of carbonyl (C=O) groups excluding carboxylic acids is 2. The van der Waals surface area contributed by atoms with E-state index in [4.69, 9.17) is 0 Å². The Morgan fingerprint density at radius 2 is 1.79 bits per heavy atom. The van der Waals surface area contributed by atoms with E-state index in [1.165, 1.54) is 18.7 Å². The van der Waals surface area contributed by atoms with Crippen molar-refractivity contribution in [1.29, 1.82) is 0 Å². The second-order valence-corrected chi connectivity index (χ2v) is 6.74. The summed E-state index contributed by atoms with van der Waals surface area (Å²) in [6.45, 7) is 4.74. The molecule has 0 spiro atoms. The topological polar surface area (TPSA) is 97.2 Å². The number of fused-ring (bicyclic) bond motifs is 1. The summed E-state index contributed by atoms with van der Waals surface area (Å²) in [5.74, 6) is -0.193. The van der Waals surface area contributed by atoms with Crippen LogP contribution in [0.5, 0.6) is 0 Å². The van der Waals surface area contributed by atoms with Gasteiger partial charge in [-0.3, -0.25) is 19.0 Å². The van der Waals surface area contributed by atoms with Crippen LogP contribution in [0.15, 0.2) is 47.3 Å². The highest BCUT2D eigenvalue weighted by molar-refractivity contribution is 5.91. The molecule has 0 aliphatic rings. The monoisotopic (exact) mass is 393 g/mol. The molecule has 8 heteroatoms. The quantitative estimate of drug-likeness (QED) is 0.719. The third kappa shape index (κ3) is 4.01. The fourth-order valence-corrected chi connectivity index (χ4v) is 3.20. The summed E-state index contributed by atoms with van der Waals surface area (Å²) in [6, 6.07) is 12.6. The average molecular weight is 393 g/mol. The number of hydrogen-bond acceptors (Lipinski definition) is 5. The standard InChI is InChI=1S/C21H23N5O3/c1-5-17(15-9-7-6-8-10-15)26-20-16(23-19(21(26)29)22-13(2)27)11-12-18(24-20)25(4)14(3)28/h6-12,17H,5H2,1-4H3,(H,22,23,27)/t17-/m0/s1. The molecule has 0 fully saturated rings. The van der Waals surface area contributed by atoms with Crippen LogP contribution in [0, 0.1) is 0 Å². The summed E-state index contributed by atoms with van der Waals surface area (Å²) in [4.78, 5) is 46.9. The predicted octanol–water partition coefficient (Wildman–Crippen LogP) is 2.73. The summed E-state index contributed by atoms with van der Waals surface area (Å²) in [7, 11) is 1.62. The number of pyridine rings is 1. The fraction of sp³-hybridized carbons (Fsp3) is 0.286. The second-order valence-electron chi connectivity index (χ2n) is 6.74. The number of rotatable bonds is 5. The van der Waals surface area contributed by atoms with Gasteiger partial charge in [-0.25, -0.2) is 9.97 Å². The maximum absolute atomic E-state index is 13.3. The van der Waals surface area contributed by atoms with E-state index in [-0.39, 0.29) is 23.7 Å². The Morgan fingerprint density at radius 1 is 1.10 bits per heavy atom. The molecule has 0 saturated carbocycles. The molecular weight excluding hydrogens is 370 g/mol. The molecule has 0 radical (unpaired) electrons. The van der Waals surface area contributed by atoms with E-state index in [0.29, 0.717) is 23.4 Å². The normalized spacial score (nSPS) is 11.9. The Bertz CT molecular complexity index is 1120. The fourth-order valence-electron chi connectivity index (χ4n) is 3.20. The number of carbonyl (C=O) groups is 2. The molecule has 29 heavy (non-hydrogen) atoms. The Hall–Kier alpha value is -3.55. The highest BCUT2D eigenvalue weighted by Gasteiger charge is 2.21. The van der Waals surface area contributed by atoms with Crippen molar-refractivity contribution in [3.05, 3.63) is 58.4 Å². The van der Waals surface area contributed by atoms with E-state index >= 15 is 0 Å². The molecule has 8 nitrogen and oxygen atoms in total. The minimum Gasteiger partial charge on any atom is -0.306 e. The van der Waals surface area contributed by atoms with Crippen LogP contribution in [-0.2, 0) is 9.59 Å². The van der Waals surface area contributed by atoms with Gasteiger partial charge < -0.3 is 10.2 Å². The van der Waals surface area contributed by atoms with Crippen molar-refractivity contribution in [2.75, 3.05) is 17.3 Å². The zero-order chi connectivity index (χ0) is 21.1. The van der Waals surface area contributed by atoms with Gasteiger partial charge in [-0.2, -0.15) is 0 Å². The lowest BCUT2D eigenvalue weighted by Gasteiger charge is -2.22. The van der Waals surface area contributed by atoms with Crippen LogP contribution in [0.3, 0.4) is 0 Å².